The van der Waals surface area contributed by atoms with Gasteiger partial charge in [0.1, 0.15) is 5.82 Å². The molecule has 0 aliphatic heterocycles. The van der Waals surface area contributed by atoms with Gasteiger partial charge in [-0.25, -0.2) is 12.8 Å². The lowest BCUT2D eigenvalue weighted by atomic mass is 10.1. The molecule has 1 aromatic carbocycles. The molecule has 0 saturated heterocycles. The first-order chi connectivity index (χ1) is 6.72. The van der Waals surface area contributed by atoms with E-state index in [1.165, 1.54) is 0 Å². The predicted molar refractivity (Wildman–Crippen MR) is 62.1 cm³/mol. The fraction of sp³-hybridized carbons (Fsp3) is 0.333. The van der Waals surface area contributed by atoms with Gasteiger partial charge in [-0.1, -0.05) is 15.9 Å². The molecule has 0 aliphatic carbocycles. The molecular formula is C9H9BrClFO2S. The topological polar surface area (TPSA) is 34.1 Å². The van der Waals surface area contributed by atoms with Gasteiger partial charge in [0.15, 0.2) is 0 Å². The molecular weight excluding hydrogens is 307 g/mol. The lowest BCUT2D eigenvalue weighted by Crippen LogP contribution is -2.03. The van der Waals surface area contributed by atoms with Gasteiger partial charge in [0, 0.05) is 20.7 Å². The van der Waals surface area contributed by atoms with Crippen molar-refractivity contribution < 1.29 is 12.8 Å². The van der Waals surface area contributed by atoms with E-state index in [0.717, 1.165) is 0 Å². The Morgan fingerprint density at radius 3 is 2.47 bits per heavy atom. The van der Waals surface area contributed by atoms with Crippen molar-refractivity contribution in [1.29, 1.82) is 0 Å². The average Bonchev–Trinajstić information content (AvgIpc) is 2.08. The van der Waals surface area contributed by atoms with Gasteiger partial charge in [-0.15, -0.1) is 0 Å². The molecule has 15 heavy (non-hydrogen) atoms. The van der Waals surface area contributed by atoms with Crippen molar-refractivity contribution in [2.75, 3.05) is 0 Å². The van der Waals surface area contributed by atoms with Crippen LogP contribution in [0.3, 0.4) is 0 Å². The van der Waals surface area contributed by atoms with Crippen LogP contribution in [0.2, 0.25) is 0 Å². The standard InChI is InChI=1S/C9H9BrClFO2S/c1-5-3-8(10)6(2)7(9(5)12)4-15(11,13)14/h3H,4H2,1-2H3. The lowest BCUT2D eigenvalue weighted by molar-refractivity contribution is 0.592. The van der Waals surface area contributed by atoms with Crippen LogP contribution in [0.5, 0.6) is 0 Å². The molecule has 0 N–H and O–H groups in total. The molecule has 1 rings (SSSR count). The summed E-state index contributed by atoms with van der Waals surface area (Å²) in [6.07, 6.45) is 0. The Labute approximate surface area is 101 Å². The van der Waals surface area contributed by atoms with Crippen molar-refractivity contribution in [1.82, 2.24) is 0 Å². The second-order valence-corrected chi connectivity index (χ2v) is 6.91. The zero-order valence-electron chi connectivity index (χ0n) is 8.14. The van der Waals surface area contributed by atoms with Gasteiger partial charge >= 0.3 is 0 Å². The highest BCUT2D eigenvalue weighted by atomic mass is 79.9. The van der Waals surface area contributed by atoms with Crippen molar-refractivity contribution in [3.05, 3.63) is 33.0 Å². The summed E-state index contributed by atoms with van der Waals surface area (Å²) in [7, 11) is 1.36. The first kappa shape index (κ1) is 12.9. The fourth-order valence-corrected chi connectivity index (χ4v) is 2.85. The molecule has 0 radical (unpaired) electrons. The molecule has 0 atom stereocenters. The summed E-state index contributed by atoms with van der Waals surface area (Å²) in [5, 5.41) is 0. The zero-order chi connectivity index (χ0) is 11.8. The highest BCUT2D eigenvalue weighted by Gasteiger charge is 2.17. The molecule has 0 fully saturated rings. The average molecular weight is 316 g/mol. The zero-order valence-corrected chi connectivity index (χ0v) is 11.3. The molecule has 0 amide bonds. The Kier molecular flexibility index (Phi) is 3.79. The largest absolute Gasteiger partial charge is 0.236 e. The van der Waals surface area contributed by atoms with Gasteiger partial charge in [-0.3, -0.25) is 0 Å². The summed E-state index contributed by atoms with van der Waals surface area (Å²) in [6, 6.07) is 1.61. The van der Waals surface area contributed by atoms with Gasteiger partial charge in [0.2, 0.25) is 9.05 Å². The first-order valence-electron chi connectivity index (χ1n) is 4.09. The molecule has 0 bridgehead atoms. The van der Waals surface area contributed by atoms with E-state index in [1.54, 1.807) is 19.9 Å². The Hall–Kier alpha value is -0.130. The Morgan fingerprint density at radius 1 is 1.47 bits per heavy atom. The normalized spacial score (nSPS) is 11.8. The number of benzene rings is 1. The van der Waals surface area contributed by atoms with E-state index in [2.05, 4.69) is 15.9 Å². The number of hydrogen-bond acceptors (Lipinski definition) is 2. The van der Waals surface area contributed by atoms with E-state index < -0.39 is 20.6 Å². The summed E-state index contributed by atoms with van der Waals surface area (Å²) in [5.41, 5.74) is 1.07. The minimum atomic E-state index is -3.74. The summed E-state index contributed by atoms with van der Waals surface area (Å²) in [5.74, 6) is -1.01. The summed E-state index contributed by atoms with van der Waals surface area (Å²) in [4.78, 5) is 0. The molecule has 0 heterocycles. The highest BCUT2D eigenvalue weighted by molar-refractivity contribution is 9.10. The first-order valence-corrected chi connectivity index (χ1v) is 7.36. The summed E-state index contributed by atoms with van der Waals surface area (Å²) >= 11 is 3.23. The van der Waals surface area contributed by atoms with Crippen molar-refractivity contribution in [3.8, 4) is 0 Å². The lowest BCUT2D eigenvalue weighted by Gasteiger charge is -2.10. The Morgan fingerprint density at radius 2 is 2.00 bits per heavy atom. The number of halogens is 3. The second kappa shape index (κ2) is 4.39. The van der Waals surface area contributed by atoms with Crippen LogP contribution >= 0.6 is 26.6 Å². The quantitative estimate of drug-likeness (QED) is 0.785. The maximum Gasteiger partial charge on any atom is 0.236 e. The molecule has 6 heteroatoms. The SMILES string of the molecule is Cc1cc(Br)c(C)c(CS(=O)(=O)Cl)c1F. The molecule has 0 spiro atoms. The van der Waals surface area contributed by atoms with Crippen LogP contribution < -0.4 is 0 Å². The summed E-state index contributed by atoms with van der Waals surface area (Å²) in [6.45, 7) is 3.22. The van der Waals surface area contributed by atoms with Gasteiger partial charge in [-0.05, 0) is 31.0 Å². The van der Waals surface area contributed by atoms with E-state index in [-0.39, 0.29) is 5.56 Å². The van der Waals surface area contributed by atoms with Crippen LogP contribution in [-0.2, 0) is 14.8 Å². The molecule has 0 saturated carbocycles. The smallest absolute Gasteiger partial charge is 0.212 e. The minimum Gasteiger partial charge on any atom is -0.212 e. The van der Waals surface area contributed by atoms with Crippen LogP contribution in [0.15, 0.2) is 10.5 Å². The van der Waals surface area contributed by atoms with E-state index in [1.807, 2.05) is 0 Å². The molecule has 0 aromatic heterocycles. The molecule has 84 valence electrons. The third kappa shape index (κ3) is 3.16. The predicted octanol–water partition coefficient (Wildman–Crippen LogP) is 3.27. The van der Waals surface area contributed by atoms with Gasteiger partial charge in [0.25, 0.3) is 0 Å². The van der Waals surface area contributed by atoms with E-state index in [9.17, 15) is 12.8 Å². The fourth-order valence-electron chi connectivity index (χ4n) is 1.25. The van der Waals surface area contributed by atoms with Gasteiger partial charge in [-0.2, -0.15) is 0 Å². The molecule has 0 unspecified atom stereocenters. The van der Waals surface area contributed by atoms with Crippen LogP contribution in [0.1, 0.15) is 16.7 Å². The molecule has 2 nitrogen and oxygen atoms in total. The molecule has 0 aliphatic rings. The van der Waals surface area contributed by atoms with Crippen LogP contribution in [0.4, 0.5) is 4.39 Å². The van der Waals surface area contributed by atoms with Crippen molar-refractivity contribution in [2.24, 2.45) is 0 Å². The number of rotatable bonds is 2. The van der Waals surface area contributed by atoms with Crippen LogP contribution in [-0.4, -0.2) is 8.42 Å². The minimum absolute atomic E-state index is 0.122. The van der Waals surface area contributed by atoms with Gasteiger partial charge < -0.3 is 0 Å². The van der Waals surface area contributed by atoms with E-state index in [0.29, 0.717) is 15.6 Å². The van der Waals surface area contributed by atoms with Crippen molar-refractivity contribution >= 4 is 35.7 Å². The molecule has 1 aromatic rings. The van der Waals surface area contributed by atoms with E-state index in [4.69, 9.17) is 10.7 Å². The third-order valence-corrected chi connectivity index (χ3v) is 3.87. The Bertz CT molecular complexity index is 473. The third-order valence-electron chi connectivity index (χ3n) is 2.08. The van der Waals surface area contributed by atoms with Gasteiger partial charge in [0.05, 0.1) is 5.75 Å². The Balaban J connectivity index is 3.40. The van der Waals surface area contributed by atoms with Crippen molar-refractivity contribution in [2.45, 2.75) is 19.6 Å². The number of aryl methyl sites for hydroxylation is 1. The monoisotopic (exact) mass is 314 g/mol. The summed E-state index contributed by atoms with van der Waals surface area (Å²) < 4.78 is 36.1. The highest BCUT2D eigenvalue weighted by Crippen LogP contribution is 2.27. The number of hydrogen-bond donors (Lipinski definition) is 0. The maximum absolute atomic E-state index is 13.6. The maximum atomic E-state index is 13.6. The van der Waals surface area contributed by atoms with Crippen molar-refractivity contribution in [3.63, 3.8) is 0 Å². The van der Waals surface area contributed by atoms with Crippen LogP contribution in [0.25, 0.3) is 0 Å². The van der Waals surface area contributed by atoms with Crippen LogP contribution in [0, 0.1) is 19.7 Å². The van der Waals surface area contributed by atoms with E-state index >= 15 is 0 Å². The second-order valence-electron chi connectivity index (χ2n) is 3.28.